The minimum absolute atomic E-state index is 0.0986. The summed E-state index contributed by atoms with van der Waals surface area (Å²) in [7, 11) is 0. The minimum atomic E-state index is -0.803. The average Bonchev–Trinajstić information content (AvgIpc) is 3.34. The van der Waals surface area contributed by atoms with E-state index in [1.165, 1.54) is 70.6 Å². The molecule has 0 heterocycles. The fourth-order valence-corrected chi connectivity index (χ4v) is 7.36. The van der Waals surface area contributed by atoms with E-state index in [0.29, 0.717) is 19.3 Å². The molecule has 1 atom stereocenters. The van der Waals surface area contributed by atoms with Crippen LogP contribution in [0.3, 0.4) is 0 Å². The number of carbonyl (C=O) groups excluding carboxylic acids is 3. The summed E-state index contributed by atoms with van der Waals surface area (Å²) in [6.45, 7) is 6.36. The highest BCUT2D eigenvalue weighted by atomic mass is 16.6. The lowest BCUT2D eigenvalue weighted by molar-refractivity contribution is -0.167. The van der Waals surface area contributed by atoms with E-state index in [1.54, 1.807) is 0 Å². The third kappa shape index (κ3) is 53.0. The van der Waals surface area contributed by atoms with Gasteiger partial charge in [0, 0.05) is 19.3 Å². The Labute approximate surface area is 419 Å². The third-order valence-electron chi connectivity index (χ3n) is 11.5. The van der Waals surface area contributed by atoms with Gasteiger partial charge in [0.25, 0.3) is 0 Å². The smallest absolute Gasteiger partial charge is 0.306 e. The van der Waals surface area contributed by atoms with Crippen molar-refractivity contribution in [3.8, 4) is 0 Å². The van der Waals surface area contributed by atoms with Gasteiger partial charge in [-0.3, -0.25) is 14.4 Å². The lowest BCUT2D eigenvalue weighted by atomic mass is 10.1. The predicted molar refractivity (Wildman–Crippen MR) is 293 cm³/mol. The molecule has 0 aliphatic carbocycles. The van der Waals surface area contributed by atoms with Crippen LogP contribution in [0, 0.1) is 0 Å². The maximum Gasteiger partial charge on any atom is 0.306 e. The second kappa shape index (κ2) is 55.7. The molecule has 68 heavy (non-hydrogen) atoms. The largest absolute Gasteiger partial charge is 0.462 e. The van der Waals surface area contributed by atoms with Gasteiger partial charge in [-0.2, -0.15) is 0 Å². The zero-order chi connectivity index (χ0) is 49.3. The van der Waals surface area contributed by atoms with Crippen LogP contribution in [-0.4, -0.2) is 37.2 Å². The van der Waals surface area contributed by atoms with Crippen molar-refractivity contribution in [1.29, 1.82) is 0 Å². The molecular formula is C62H102O6. The Morgan fingerprint density at radius 1 is 0.309 bits per heavy atom. The normalized spacial score (nSPS) is 12.9. The van der Waals surface area contributed by atoms with E-state index in [4.69, 9.17) is 14.2 Å². The molecule has 0 aromatic carbocycles. The molecule has 0 amide bonds. The molecule has 0 saturated carbocycles. The lowest BCUT2D eigenvalue weighted by Crippen LogP contribution is -2.30. The van der Waals surface area contributed by atoms with Gasteiger partial charge in [0.05, 0.1) is 0 Å². The first-order valence-corrected chi connectivity index (χ1v) is 27.9. The summed E-state index contributed by atoms with van der Waals surface area (Å²) in [5, 5.41) is 0. The Bertz CT molecular complexity index is 1410. The third-order valence-corrected chi connectivity index (χ3v) is 11.5. The Morgan fingerprint density at radius 3 is 0.926 bits per heavy atom. The SMILES string of the molecule is CC/C=C\C/C=C\C/C=C\C/C=C\C/C=C\CCCCCC(=O)OCC(COC(=O)CCCCCCC/C=C\CCCCCCC)OC(=O)CCCCCCCCC/C=C\C/C=C\C/C=C\CC. The van der Waals surface area contributed by atoms with E-state index < -0.39 is 6.10 Å². The fourth-order valence-electron chi connectivity index (χ4n) is 7.36. The summed E-state index contributed by atoms with van der Waals surface area (Å²) in [6.07, 6.45) is 75.0. The number of hydrogen-bond donors (Lipinski definition) is 0. The number of allylic oxidation sites excluding steroid dienone is 18. The van der Waals surface area contributed by atoms with Crippen LogP contribution < -0.4 is 0 Å². The van der Waals surface area contributed by atoms with Crippen LogP contribution in [0.2, 0.25) is 0 Å². The second-order valence-electron chi connectivity index (χ2n) is 18.1. The molecule has 6 heteroatoms. The highest BCUT2D eigenvalue weighted by Gasteiger charge is 2.19. The Balaban J connectivity index is 4.48. The van der Waals surface area contributed by atoms with Gasteiger partial charge in [-0.1, -0.05) is 214 Å². The summed E-state index contributed by atoms with van der Waals surface area (Å²) in [5.41, 5.74) is 0. The van der Waals surface area contributed by atoms with Crippen molar-refractivity contribution in [3.63, 3.8) is 0 Å². The zero-order valence-corrected chi connectivity index (χ0v) is 44.1. The van der Waals surface area contributed by atoms with Crippen molar-refractivity contribution in [1.82, 2.24) is 0 Å². The van der Waals surface area contributed by atoms with Crippen molar-refractivity contribution in [2.75, 3.05) is 13.2 Å². The molecule has 1 unspecified atom stereocenters. The van der Waals surface area contributed by atoms with Crippen molar-refractivity contribution in [2.45, 2.75) is 252 Å². The number of hydrogen-bond acceptors (Lipinski definition) is 6. The molecule has 0 rings (SSSR count). The highest BCUT2D eigenvalue weighted by Crippen LogP contribution is 2.14. The van der Waals surface area contributed by atoms with Crippen LogP contribution in [0.25, 0.3) is 0 Å². The van der Waals surface area contributed by atoms with Crippen molar-refractivity contribution in [3.05, 3.63) is 109 Å². The first-order valence-electron chi connectivity index (χ1n) is 27.9. The molecule has 0 radical (unpaired) electrons. The molecule has 386 valence electrons. The van der Waals surface area contributed by atoms with E-state index in [1.807, 2.05) is 0 Å². The number of esters is 3. The molecule has 0 saturated heterocycles. The fraction of sp³-hybridized carbons (Fsp3) is 0.661. The summed E-state index contributed by atoms with van der Waals surface area (Å²) < 4.78 is 16.8. The Kier molecular flexibility index (Phi) is 52.4. The molecular weight excluding hydrogens is 841 g/mol. The lowest BCUT2D eigenvalue weighted by Gasteiger charge is -2.18. The minimum Gasteiger partial charge on any atom is -0.462 e. The number of unbranched alkanes of at least 4 members (excludes halogenated alkanes) is 20. The van der Waals surface area contributed by atoms with Crippen LogP contribution in [0.4, 0.5) is 0 Å². The molecule has 0 aromatic heterocycles. The Hall–Kier alpha value is -3.93. The number of rotatable bonds is 49. The van der Waals surface area contributed by atoms with Crippen molar-refractivity contribution >= 4 is 17.9 Å². The van der Waals surface area contributed by atoms with Crippen molar-refractivity contribution in [2.24, 2.45) is 0 Å². The number of carbonyl (C=O) groups is 3. The average molecular weight is 943 g/mol. The van der Waals surface area contributed by atoms with E-state index in [2.05, 4.69) is 130 Å². The predicted octanol–water partition coefficient (Wildman–Crippen LogP) is 18.7. The maximum absolute atomic E-state index is 12.8. The quantitative estimate of drug-likeness (QED) is 0.0262. The summed E-state index contributed by atoms with van der Waals surface area (Å²) in [4.78, 5) is 38.1. The monoisotopic (exact) mass is 943 g/mol. The summed E-state index contributed by atoms with van der Waals surface area (Å²) in [5.74, 6) is -0.951. The van der Waals surface area contributed by atoms with Crippen LogP contribution in [0.5, 0.6) is 0 Å². The Morgan fingerprint density at radius 2 is 0.574 bits per heavy atom. The second-order valence-corrected chi connectivity index (χ2v) is 18.1. The van der Waals surface area contributed by atoms with Crippen molar-refractivity contribution < 1.29 is 28.6 Å². The summed E-state index contributed by atoms with van der Waals surface area (Å²) in [6, 6.07) is 0. The zero-order valence-electron chi connectivity index (χ0n) is 44.1. The maximum atomic E-state index is 12.8. The molecule has 0 N–H and O–H groups in total. The highest BCUT2D eigenvalue weighted by molar-refractivity contribution is 5.71. The molecule has 0 bridgehead atoms. The van der Waals surface area contributed by atoms with Crippen LogP contribution >= 0.6 is 0 Å². The van der Waals surface area contributed by atoms with Crippen LogP contribution in [0.15, 0.2) is 109 Å². The van der Waals surface area contributed by atoms with Crippen LogP contribution in [0.1, 0.15) is 245 Å². The molecule has 0 fully saturated rings. The van der Waals surface area contributed by atoms with Gasteiger partial charge in [0.15, 0.2) is 6.10 Å². The van der Waals surface area contributed by atoms with Gasteiger partial charge < -0.3 is 14.2 Å². The molecule has 0 aromatic rings. The van der Waals surface area contributed by atoms with Gasteiger partial charge in [0.1, 0.15) is 13.2 Å². The van der Waals surface area contributed by atoms with E-state index in [0.717, 1.165) is 135 Å². The molecule has 6 nitrogen and oxygen atoms in total. The van der Waals surface area contributed by atoms with Crippen LogP contribution in [-0.2, 0) is 28.6 Å². The van der Waals surface area contributed by atoms with Gasteiger partial charge in [0.2, 0.25) is 0 Å². The van der Waals surface area contributed by atoms with Gasteiger partial charge in [-0.15, -0.1) is 0 Å². The van der Waals surface area contributed by atoms with Gasteiger partial charge in [-0.25, -0.2) is 0 Å². The standard InChI is InChI=1S/C62H102O6/c1-4-7-10-13-16-19-22-25-28-30-31-33-34-37-40-43-46-49-52-55-61(64)67-58-59(57-66-60(63)54-51-48-45-42-39-36-27-24-21-18-15-12-9-6-3)68-62(65)56-53-50-47-44-41-38-35-32-29-26-23-20-17-14-11-8-5-2/h7-8,10-11,16-17,19-20,24-29,31,33,37,40,59H,4-6,9,12-15,18,21-23,30,32,34-36,38-39,41-58H2,1-3H3/b10-7-,11-8-,19-16-,20-17-,27-24-,28-25-,29-26-,33-31-,40-37-. The molecule has 0 aliphatic rings. The van der Waals surface area contributed by atoms with E-state index in [-0.39, 0.29) is 31.1 Å². The first kappa shape index (κ1) is 64.1. The molecule has 0 spiro atoms. The summed E-state index contributed by atoms with van der Waals surface area (Å²) >= 11 is 0. The van der Waals surface area contributed by atoms with Gasteiger partial charge >= 0.3 is 17.9 Å². The van der Waals surface area contributed by atoms with Gasteiger partial charge in [-0.05, 0) is 122 Å². The van der Waals surface area contributed by atoms with E-state index in [9.17, 15) is 14.4 Å². The number of ether oxygens (including phenoxy) is 3. The topological polar surface area (TPSA) is 78.9 Å². The molecule has 0 aliphatic heterocycles. The van der Waals surface area contributed by atoms with E-state index >= 15 is 0 Å². The first-order chi connectivity index (χ1) is 33.5.